The van der Waals surface area contributed by atoms with Gasteiger partial charge in [-0.3, -0.25) is 4.79 Å². The normalized spacial score (nSPS) is 23.0. The summed E-state index contributed by atoms with van der Waals surface area (Å²) >= 11 is 1.72. The lowest BCUT2D eigenvalue weighted by Crippen LogP contribution is -2.48. The van der Waals surface area contributed by atoms with Crippen LogP contribution in [0.1, 0.15) is 37.1 Å². The number of amides is 1. The fraction of sp³-hybridized carbons (Fsp3) is 0.600. The molecule has 1 aliphatic heterocycles. The molecule has 0 spiro atoms. The summed E-state index contributed by atoms with van der Waals surface area (Å²) in [4.78, 5) is 17.9. The first kappa shape index (κ1) is 17.9. The number of carbonyl (C=O) groups excluding carboxylic acids is 1. The minimum atomic E-state index is -0.332. The Bertz CT molecular complexity index is 715. The van der Waals surface area contributed by atoms with Gasteiger partial charge in [0.2, 0.25) is 5.91 Å². The SMILES string of the molecule is O=C(NC[C@@H]1COCCO1)C1(Cc2nc3ccccc3s2)CCCCC1. The van der Waals surface area contributed by atoms with E-state index in [1.54, 1.807) is 11.3 Å². The third kappa shape index (κ3) is 3.92. The second kappa shape index (κ2) is 8.03. The van der Waals surface area contributed by atoms with Crippen molar-refractivity contribution >= 4 is 27.5 Å². The molecule has 140 valence electrons. The Morgan fingerprint density at radius 1 is 1.23 bits per heavy atom. The lowest BCUT2D eigenvalue weighted by molar-refractivity contribution is -0.135. The monoisotopic (exact) mass is 374 g/mol. The highest BCUT2D eigenvalue weighted by molar-refractivity contribution is 7.18. The summed E-state index contributed by atoms with van der Waals surface area (Å²) in [6.45, 7) is 2.34. The molecule has 1 amide bonds. The Balaban J connectivity index is 1.47. The van der Waals surface area contributed by atoms with Gasteiger partial charge in [0.15, 0.2) is 0 Å². The van der Waals surface area contributed by atoms with Crippen molar-refractivity contribution in [3.05, 3.63) is 29.3 Å². The van der Waals surface area contributed by atoms with E-state index in [0.717, 1.165) is 42.6 Å². The fourth-order valence-electron chi connectivity index (χ4n) is 4.05. The number of thiazole rings is 1. The summed E-state index contributed by atoms with van der Waals surface area (Å²) in [5.74, 6) is 0.158. The summed E-state index contributed by atoms with van der Waals surface area (Å²) in [6, 6.07) is 8.20. The zero-order valence-corrected chi connectivity index (χ0v) is 15.9. The molecule has 2 aromatic rings. The number of nitrogens with one attached hydrogen (secondary N) is 1. The number of nitrogens with zero attached hydrogens (tertiary/aromatic N) is 1. The molecule has 0 bridgehead atoms. The topological polar surface area (TPSA) is 60.5 Å². The first-order chi connectivity index (χ1) is 12.8. The first-order valence-electron chi connectivity index (χ1n) is 9.57. The molecule has 6 heteroatoms. The van der Waals surface area contributed by atoms with Crippen LogP contribution in [0, 0.1) is 5.41 Å². The number of ether oxygens (including phenoxy) is 2. The van der Waals surface area contributed by atoms with E-state index in [2.05, 4.69) is 11.4 Å². The molecule has 0 unspecified atom stereocenters. The van der Waals surface area contributed by atoms with Crippen molar-refractivity contribution in [1.29, 1.82) is 0 Å². The number of hydrogen-bond acceptors (Lipinski definition) is 5. The number of fused-ring (bicyclic) bond motifs is 1. The van der Waals surface area contributed by atoms with Gasteiger partial charge in [0.05, 0.1) is 46.6 Å². The number of benzene rings is 1. The van der Waals surface area contributed by atoms with Crippen LogP contribution >= 0.6 is 11.3 Å². The Kier molecular flexibility index (Phi) is 5.52. The van der Waals surface area contributed by atoms with Gasteiger partial charge in [-0.15, -0.1) is 11.3 Å². The van der Waals surface area contributed by atoms with Gasteiger partial charge in [0.25, 0.3) is 0 Å². The van der Waals surface area contributed by atoms with Crippen LogP contribution in [-0.4, -0.2) is 43.4 Å². The van der Waals surface area contributed by atoms with Gasteiger partial charge in [0, 0.05) is 13.0 Å². The largest absolute Gasteiger partial charge is 0.376 e. The number of aromatic nitrogens is 1. The number of carbonyl (C=O) groups is 1. The van der Waals surface area contributed by atoms with E-state index in [0.29, 0.717) is 26.4 Å². The molecule has 1 atom stereocenters. The maximum atomic E-state index is 13.2. The fourth-order valence-corrected chi connectivity index (χ4v) is 5.16. The summed E-state index contributed by atoms with van der Waals surface area (Å²) in [5, 5.41) is 4.22. The van der Waals surface area contributed by atoms with E-state index in [9.17, 15) is 4.79 Å². The molecule has 1 aliphatic carbocycles. The molecule has 1 saturated carbocycles. The predicted octanol–water partition coefficient (Wildman–Crippen LogP) is 3.32. The Morgan fingerprint density at radius 3 is 2.85 bits per heavy atom. The van der Waals surface area contributed by atoms with E-state index in [1.807, 2.05) is 18.2 Å². The van der Waals surface area contributed by atoms with Gasteiger partial charge in [-0.1, -0.05) is 31.4 Å². The van der Waals surface area contributed by atoms with Crippen molar-refractivity contribution < 1.29 is 14.3 Å². The van der Waals surface area contributed by atoms with E-state index in [-0.39, 0.29) is 17.4 Å². The Labute approximate surface area is 158 Å². The van der Waals surface area contributed by atoms with Crippen LogP contribution in [-0.2, 0) is 20.7 Å². The molecule has 5 nitrogen and oxygen atoms in total. The molecule has 4 rings (SSSR count). The summed E-state index contributed by atoms with van der Waals surface area (Å²) < 4.78 is 12.3. The van der Waals surface area contributed by atoms with Crippen LogP contribution in [0.15, 0.2) is 24.3 Å². The van der Waals surface area contributed by atoms with Gasteiger partial charge in [-0.2, -0.15) is 0 Å². The van der Waals surface area contributed by atoms with Gasteiger partial charge < -0.3 is 14.8 Å². The minimum Gasteiger partial charge on any atom is -0.376 e. The van der Waals surface area contributed by atoms with Crippen LogP contribution < -0.4 is 5.32 Å². The maximum Gasteiger partial charge on any atom is 0.226 e. The Hall–Kier alpha value is -1.50. The molecule has 26 heavy (non-hydrogen) atoms. The van der Waals surface area contributed by atoms with E-state index < -0.39 is 0 Å². The minimum absolute atomic E-state index is 0.0317. The van der Waals surface area contributed by atoms with Crippen molar-refractivity contribution in [2.24, 2.45) is 5.41 Å². The number of hydrogen-bond donors (Lipinski definition) is 1. The zero-order valence-electron chi connectivity index (χ0n) is 15.0. The highest BCUT2D eigenvalue weighted by atomic mass is 32.1. The van der Waals surface area contributed by atoms with Crippen LogP contribution in [0.4, 0.5) is 0 Å². The zero-order chi connectivity index (χ0) is 17.8. The molecule has 2 aliphatic rings. The molecule has 1 aromatic carbocycles. The average Bonchev–Trinajstić information content (AvgIpc) is 3.09. The third-order valence-electron chi connectivity index (χ3n) is 5.50. The molecule has 0 radical (unpaired) electrons. The quantitative estimate of drug-likeness (QED) is 0.872. The number of para-hydroxylation sites is 1. The lowest BCUT2D eigenvalue weighted by atomic mass is 9.71. The van der Waals surface area contributed by atoms with E-state index >= 15 is 0 Å². The molecule has 1 aromatic heterocycles. The predicted molar refractivity (Wildman–Crippen MR) is 102 cm³/mol. The van der Waals surface area contributed by atoms with Crippen molar-refractivity contribution in [2.45, 2.75) is 44.6 Å². The second-order valence-electron chi connectivity index (χ2n) is 7.37. The van der Waals surface area contributed by atoms with Crippen LogP contribution in [0.3, 0.4) is 0 Å². The molecular formula is C20H26N2O3S. The lowest BCUT2D eigenvalue weighted by Gasteiger charge is -2.36. The summed E-state index contributed by atoms with van der Waals surface area (Å²) in [5.41, 5.74) is 0.702. The van der Waals surface area contributed by atoms with Crippen molar-refractivity contribution in [3.8, 4) is 0 Å². The smallest absolute Gasteiger partial charge is 0.226 e. The second-order valence-corrected chi connectivity index (χ2v) is 8.49. The summed E-state index contributed by atoms with van der Waals surface area (Å²) in [6.07, 6.45) is 6.03. The number of rotatable bonds is 5. The van der Waals surface area contributed by atoms with Crippen molar-refractivity contribution in [3.63, 3.8) is 0 Å². The van der Waals surface area contributed by atoms with Crippen LogP contribution in [0.25, 0.3) is 10.2 Å². The third-order valence-corrected chi connectivity index (χ3v) is 6.53. The average molecular weight is 375 g/mol. The highest BCUT2D eigenvalue weighted by Crippen LogP contribution is 2.41. The standard InChI is InChI=1S/C20H26N2O3S/c23-19(21-13-15-14-24-10-11-25-15)20(8-4-1-5-9-20)12-18-22-16-6-2-3-7-17(16)26-18/h2-3,6-7,15H,1,4-5,8-14H2,(H,21,23)/t15-/m1/s1. The highest BCUT2D eigenvalue weighted by Gasteiger charge is 2.40. The van der Waals surface area contributed by atoms with Gasteiger partial charge in [-0.25, -0.2) is 4.98 Å². The van der Waals surface area contributed by atoms with Crippen molar-refractivity contribution in [1.82, 2.24) is 10.3 Å². The summed E-state index contributed by atoms with van der Waals surface area (Å²) in [7, 11) is 0. The van der Waals surface area contributed by atoms with E-state index in [1.165, 1.54) is 11.1 Å². The van der Waals surface area contributed by atoms with Gasteiger partial charge in [0.1, 0.15) is 0 Å². The van der Waals surface area contributed by atoms with Crippen LogP contribution in [0.2, 0.25) is 0 Å². The van der Waals surface area contributed by atoms with E-state index in [4.69, 9.17) is 14.5 Å². The van der Waals surface area contributed by atoms with Crippen LogP contribution in [0.5, 0.6) is 0 Å². The van der Waals surface area contributed by atoms with Gasteiger partial charge in [-0.05, 0) is 25.0 Å². The molecular weight excluding hydrogens is 348 g/mol. The molecule has 2 fully saturated rings. The Morgan fingerprint density at radius 2 is 2.08 bits per heavy atom. The van der Waals surface area contributed by atoms with Gasteiger partial charge >= 0.3 is 0 Å². The molecule has 1 saturated heterocycles. The molecule has 2 heterocycles. The van der Waals surface area contributed by atoms with Crippen molar-refractivity contribution in [2.75, 3.05) is 26.4 Å². The first-order valence-corrected chi connectivity index (χ1v) is 10.4. The maximum absolute atomic E-state index is 13.2. The molecule has 1 N–H and O–H groups in total.